The molecular formula is C15H20. The highest BCUT2D eigenvalue weighted by molar-refractivity contribution is 5.48. The molecule has 0 nitrogen and oxygen atoms in total. The maximum atomic E-state index is 3.35. The highest BCUT2D eigenvalue weighted by Crippen LogP contribution is 2.05. The smallest absolute Gasteiger partial charge is 0.0235 e. The second kappa shape index (κ2) is 5.58. The molecule has 15 heavy (non-hydrogen) atoms. The normalized spacial score (nSPS) is 13.2. The van der Waals surface area contributed by atoms with Gasteiger partial charge < -0.3 is 0 Å². The minimum atomic E-state index is 1.12. The Labute approximate surface area is 92.6 Å². The molecule has 0 saturated carbocycles. The monoisotopic (exact) mass is 200 g/mol. The first-order chi connectivity index (χ1) is 7.29. The van der Waals surface area contributed by atoms with Crippen LogP contribution in [-0.4, -0.2) is 0 Å². The Hall–Kier alpha value is -1.26. The summed E-state index contributed by atoms with van der Waals surface area (Å²) in [5, 5.41) is 2.67. The van der Waals surface area contributed by atoms with Crippen LogP contribution in [0.2, 0.25) is 0 Å². The first-order valence-electron chi connectivity index (χ1n) is 5.79. The van der Waals surface area contributed by atoms with Gasteiger partial charge in [0.05, 0.1) is 0 Å². The Bertz CT molecular complexity index is 471. The number of benzene rings is 1. The Morgan fingerprint density at radius 1 is 1.13 bits per heavy atom. The summed E-state index contributed by atoms with van der Waals surface area (Å²) in [6.07, 6.45) is 4.44. The number of hydrogen-bond acceptors (Lipinski definition) is 0. The van der Waals surface area contributed by atoms with Crippen LogP contribution in [-0.2, 0) is 0 Å². The van der Waals surface area contributed by atoms with Crippen LogP contribution in [0.25, 0.3) is 11.3 Å². The van der Waals surface area contributed by atoms with Crippen molar-refractivity contribution in [2.24, 2.45) is 0 Å². The van der Waals surface area contributed by atoms with Crippen LogP contribution in [0, 0.1) is 6.92 Å². The fraction of sp³-hybridized carbons (Fsp3) is 0.400. The van der Waals surface area contributed by atoms with Gasteiger partial charge in [-0.3, -0.25) is 0 Å². The maximum absolute atomic E-state index is 3.35. The van der Waals surface area contributed by atoms with Crippen LogP contribution in [0.5, 0.6) is 0 Å². The lowest BCUT2D eigenvalue weighted by atomic mass is 10.1. The molecule has 0 unspecified atom stereocenters. The molecule has 1 aromatic rings. The van der Waals surface area contributed by atoms with Gasteiger partial charge in [0, 0.05) is 5.22 Å². The summed E-state index contributed by atoms with van der Waals surface area (Å²) in [5.41, 5.74) is 6.22. The van der Waals surface area contributed by atoms with Crippen LogP contribution in [0.1, 0.15) is 39.2 Å². The van der Waals surface area contributed by atoms with Crippen molar-refractivity contribution in [2.75, 3.05) is 0 Å². The largest absolute Gasteiger partial charge is 0.117 e. The molecule has 0 amide bonds. The zero-order valence-corrected chi connectivity index (χ0v) is 10.2. The molecule has 0 bridgehead atoms. The summed E-state index contributed by atoms with van der Waals surface area (Å²) in [5.74, 6) is 0. The summed E-state index contributed by atoms with van der Waals surface area (Å²) >= 11 is 0. The van der Waals surface area contributed by atoms with E-state index in [-0.39, 0.29) is 0 Å². The molecule has 0 saturated heterocycles. The summed E-state index contributed by atoms with van der Waals surface area (Å²) in [4.78, 5) is 0. The molecule has 0 heterocycles. The van der Waals surface area contributed by atoms with E-state index in [1.165, 1.54) is 28.0 Å². The van der Waals surface area contributed by atoms with Crippen molar-refractivity contribution in [1.82, 2.24) is 0 Å². The van der Waals surface area contributed by atoms with Crippen LogP contribution in [0.3, 0.4) is 0 Å². The lowest BCUT2D eigenvalue weighted by molar-refractivity contribution is 1.06. The lowest BCUT2D eigenvalue weighted by Gasteiger charge is -1.99. The summed E-state index contributed by atoms with van der Waals surface area (Å²) < 4.78 is 0. The molecule has 80 valence electrons. The summed E-state index contributed by atoms with van der Waals surface area (Å²) in [7, 11) is 0. The third-order valence-corrected chi connectivity index (χ3v) is 2.62. The molecule has 0 N–H and O–H groups in total. The van der Waals surface area contributed by atoms with E-state index in [0.29, 0.717) is 0 Å². The Balaban J connectivity index is 0.000000531. The molecule has 1 aromatic carbocycles. The van der Waals surface area contributed by atoms with E-state index in [1.54, 1.807) is 0 Å². The second-order valence-electron chi connectivity index (χ2n) is 3.66. The molecule has 0 spiro atoms. The molecule has 0 aliphatic heterocycles. The molecule has 0 atom stereocenters. The number of rotatable bonds is 0. The van der Waals surface area contributed by atoms with Crippen LogP contribution >= 0.6 is 0 Å². The fourth-order valence-corrected chi connectivity index (χ4v) is 1.95. The van der Waals surface area contributed by atoms with Gasteiger partial charge in [0.15, 0.2) is 0 Å². The van der Waals surface area contributed by atoms with E-state index in [1.807, 2.05) is 13.8 Å². The van der Waals surface area contributed by atoms with Gasteiger partial charge in [-0.05, 0) is 49.6 Å². The average molecular weight is 200 g/mol. The highest BCUT2D eigenvalue weighted by Gasteiger charge is 1.98. The van der Waals surface area contributed by atoms with Crippen molar-refractivity contribution in [2.45, 2.75) is 40.5 Å². The molecule has 2 rings (SSSR count). The number of hydrogen-bond donors (Lipinski definition) is 0. The van der Waals surface area contributed by atoms with Gasteiger partial charge in [0.25, 0.3) is 0 Å². The molecule has 1 aliphatic rings. The first kappa shape index (κ1) is 11.8. The number of aryl methyl sites for hydroxylation is 1. The van der Waals surface area contributed by atoms with Crippen molar-refractivity contribution < 1.29 is 0 Å². The van der Waals surface area contributed by atoms with Crippen molar-refractivity contribution in [3.63, 3.8) is 0 Å². The van der Waals surface area contributed by atoms with Gasteiger partial charge in [-0.2, -0.15) is 0 Å². The van der Waals surface area contributed by atoms with E-state index in [4.69, 9.17) is 0 Å². The van der Waals surface area contributed by atoms with Crippen molar-refractivity contribution in [1.29, 1.82) is 0 Å². The van der Waals surface area contributed by atoms with Crippen molar-refractivity contribution in [3.8, 4) is 0 Å². The summed E-state index contributed by atoms with van der Waals surface area (Å²) in [6.45, 7) is 8.40. The molecular weight excluding hydrogens is 180 g/mol. The van der Waals surface area contributed by atoms with Crippen LogP contribution in [0.4, 0.5) is 0 Å². The maximum Gasteiger partial charge on any atom is 0.0235 e. The van der Waals surface area contributed by atoms with Gasteiger partial charge in [-0.15, -0.1) is 5.73 Å². The van der Waals surface area contributed by atoms with E-state index in [2.05, 4.69) is 43.9 Å². The van der Waals surface area contributed by atoms with E-state index >= 15 is 0 Å². The van der Waals surface area contributed by atoms with Gasteiger partial charge >= 0.3 is 0 Å². The fourth-order valence-electron chi connectivity index (χ4n) is 1.95. The molecule has 0 radical (unpaired) electrons. The van der Waals surface area contributed by atoms with Gasteiger partial charge in [0.2, 0.25) is 0 Å². The Kier molecular flexibility index (Phi) is 4.39. The minimum absolute atomic E-state index is 1.12. The van der Waals surface area contributed by atoms with Crippen molar-refractivity contribution in [3.05, 3.63) is 40.3 Å². The summed E-state index contributed by atoms with van der Waals surface area (Å²) in [6, 6.07) is 6.43. The number of allylic oxidation sites excluding steroid dienone is 1. The standard InChI is InChI=1S/C13H14.C2H6/c1-10-6-3-4-8-12-9-5-7-11(2)13(10)12;1-2/h4-5,7,9H,3,6H2,1-2H3;1-2H3. The Morgan fingerprint density at radius 3 is 2.60 bits per heavy atom. The molecule has 0 aromatic heterocycles. The zero-order valence-electron chi connectivity index (χ0n) is 10.2. The topological polar surface area (TPSA) is 0 Å². The number of fused-ring (bicyclic) bond motifs is 1. The van der Waals surface area contributed by atoms with E-state index < -0.39 is 0 Å². The quantitative estimate of drug-likeness (QED) is 0.604. The average Bonchev–Trinajstić information content (AvgIpc) is 2.45. The predicted octanol–water partition coefficient (Wildman–Crippen LogP) is 2.92. The van der Waals surface area contributed by atoms with E-state index in [0.717, 1.165) is 6.42 Å². The lowest BCUT2D eigenvalue weighted by Crippen LogP contribution is -2.27. The van der Waals surface area contributed by atoms with Gasteiger partial charge in [0.1, 0.15) is 0 Å². The molecule has 0 heteroatoms. The first-order valence-corrected chi connectivity index (χ1v) is 5.79. The predicted molar refractivity (Wildman–Crippen MR) is 68.1 cm³/mol. The SMILES string of the molecule is CC.CC1=c2c(C)cccc2=C=CCC1. The van der Waals surface area contributed by atoms with Crippen LogP contribution < -0.4 is 10.4 Å². The van der Waals surface area contributed by atoms with Crippen LogP contribution in [0.15, 0.2) is 24.3 Å². The third kappa shape index (κ3) is 2.61. The second-order valence-corrected chi connectivity index (χ2v) is 3.66. The molecule has 0 fully saturated rings. The third-order valence-electron chi connectivity index (χ3n) is 2.62. The molecule has 1 aliphatic carbocycles. The van der Waals surface area contributed by atoms with E-state index in [9.17, 15) is 0 Å². The zero-order chi connectivity index (χ0) is 11.3. The Morgan fingerprint density at radius 2 is 1.87 bits per heavy atom. The highest BCUT2D eigenvalue weighted by atomic mass is 14.0. The van der Waals surface area contributed by atoms with Crippen molar-refractivity contribution >= 4 is 11.3 Å². The van der Waals surface area contributed by atoms with Gasteiger partial charge in [-0.1, -0.05) is 31.6 Å². The van der Waals surface area contributed by atoms with Gasteiger partial charge in [-0.25, -0.2) is 0 Å². The minimum Gasteiger partial charge on any atom is -0.117 e.